The molecule has 4 aromatic rings. The lowest BCUT2D eigenvalue weighted by molar-refractivity contribution is -0.113. The second kappa shape index (κ2) is 9.88. The number of hydrogen-bond acceptors (Lipinski definition) is 8. The lowest BCUT2D eigenvalue weighted by Gasteiger charge is -2.19. The Kier molecular flexibility index (Phi) is 6.75. The second-order valence-electron chi connectivity index (χ2n) is 6.87. The average molecular weight is 485 g/mol. The minimum Gasteiger partial charge on any atom is -0.467 e. The van der Waals surface area contributed by atoms with Crippen molar-refractivity contribution in [3.05, 3.63) is 78.8 Å². The molecule has 33 heavy (non-hydrogen) atoms. The maximum absolute atomic E-state index is 13.0. The van der Waals surface area contributed by atoms with E-state index in [0.717, 1.165) is 11.8 Å². The number of carbonyl (C=O) groups is 1. The van der Waals surface area contributed by atoms with Crippen LogP contribution in [0, 0.1) is 0 Å². The monoisotopic (exact) mass is 484 g/mol. The average Bonchev–Trinajstić information content (AvgIpc) is 3.50. The molecule has 0 aliphatic carbocycles. The largest absolute Gasteiger partial charge is 0.467 e. The third kappa shape index (κ3) is 5.41. The summed E-state index contributed by atoms with van der Waals surface area (Å²) in [5.74, 6) is 0.407. The van der Waals surface area contributed by atoms with Crippen LogP contribution in [0.4, 0.5) is 11.4 Å². The van der Waals surface area contributed by atoms with E-state index in [0.29, 0.717) is 28.8 Å². The summed E-state index contributed by atoms with van der Waals surface area (Å²) >= 11 is 1.16. The zero-order valence-electron chi connectivity index (χ0n) is 17.5. The van der Waals surface area contributed by atoms with Crippen LogP contribution in [0.15, 0.2) is 87.5 Å². The topological polar surface area (TPSA) is 123 Å². The Labute approximate surface area is 194 Å². The van der Waals surface area contributed by atoms with Crippen molar-refractivity contribution in [1.29, 1.82) is 0 Å². The van der Waals surface area contributed by atoms with Crippen LogP contribution in [-0.4, -0.2) is 47.3 Å². The van der Waals surface area contributed by atoms with Gasteiger partial charge in [-0.3, -0.25) is 9.10 Å². The van der Waals surface area contributed by atoms with Gasteiger partial charge in [0.2, 0.25) is 11.1 Å². The molecule has 2 heterocycles. The molecule has 170 valence electrons. The van der Waals surface area contributed by atoms with Gasteiger partial charge in [0.05, 0.1) is 22.6 Å². The number of nitrogens with zero attached hydrogens (tertiary/aromatic N) is 5. The van der Waals surface area contributed by atoms with Crippen molar-refractivity contribution in [3.8, 4) is 0 Å². The van der Waals surface area contributed by atoms with Crippen LogP contribution in [0.25, 0.3) is 0 Å². The molecule has 12 heteroatoms. The number of rotatable bonds is 9. The zero-order chi connectivity index (χ0) is 23.3. The van der Waals surface area contributed by atoms with Crippen LogP contribution in [0.1, 0.15) is 5.76 Å². The summed E-state index contributed by atoms with van der Waals surface area (Å²) in [5.41, 5.74) is 0.911. The Morgan fingerprint density at radius 1 is 1.12 bits per heavy atom. The fourth-order valence-electron chi connectivity index (χ4n) is 2.95. The van der Waals surface area contributed by atoms with Gasteiger partial charge in [0.1, 0.15) is 12.3 Å². The van der Waals surface area contributed by atoms with Crippen molar-refractivity contribution in [1.82, 2.24) is 20.2 Å². The molecule has 0 saturated heterocycles. The van der Waals surface area contributed by atoms with Gasteiger partial charge in [0.25, 0.3) is 10.0 Å². The molecule has 0 unspecified atom stereocenters. The molecular formula is C21H20N6O4S2. The predicted molar refractivity (Wildman–Crippen MR) is 123 cm³/mol. The van der Waals surface area contributed by atoms with Crippen molar-refractivity contribution >= 4 is 39.1 Å². The molecule has 10 nitrogen and oxygen atoms in total. The van der Waals surface area contributed by atoms with Crippen molar-refractivity contribution < 1.29 is 17.6 Å². The molecule has 0 aliphatic heterocycles. The van der Waals surface area contributed by atoms with Crippen molar-refractivity contribution in [2.75, 3.05) is 22.4 Å². The summed E-state index contributed by atoms with van der Waals surface area (Å²) in [4.78, 5) is 12.5. The highest BCUT2D eigenvalue weighted by Crippen LogP contribution is 2.24. The van der Waals surface area contributed by atoms with E-state index < -0.39 is 10.0 Å². The molecule has 0 bridgehead atoms. The first-order valence-electron chi connectivity index (χ1n) is 9.79. The zero-order valence-corrected chi connectivity index (χ0v) is 19.2. The summed E-state index contributed by atoms with van der Waals surface area (Å²) in [5, 5.41) is 14.7. The Morgan fingerprint density at radius 3 is 2.70 bits per heavy atom. The van der Waals surface area contributed by atoms with Crippen molar-refractivity contribution in [3.63, 3.8) is 0 Å². The summed E-state index contributed by atoms with van der Waals surface area (Å²) < 4.78 is 34.0. The van der Waals surface area contributed by atoms with Crippen LogP contribution < -0.4 is 9.62 Å². The number of thioether (sulfide) groups is 1. The molecular weight excluding hydrogens is 464 g/mol. The predicted octanol–water partition coefficient (Wildman–Crippen LogP) is 2.87. The molecule has 0 spiro atoms. The van der Waals surface area contributed by atoms with Gasteiger partial charge in [-0.1, -0.05) is 36.0 Å². The molecule has 2 aromatic heterocycles. The van der Waals surface area contributed by atoms with Crippen LogP contribution in [0.3, 0.4) is 0 Å². The minimum absolute atomic E-state index is 0.0411. The van der Waals surface area contributed by atoms with Gasteiger partial charge in [-0.2, -0.15) is 0 Å². The number of para-hydroxylation sites is 1. The van der Waals surface area contributed by atoms with Crippen molar-refractivity contribution in [2.45, 2.75) is 16.6 Å². The highest BCUT2D eigenvalue weighted by molar-refractivity contribution is 7.99. The number of benzene rings is 2. The summed E-state index contributed by atoms with van der Waals surface area (Å²) in [6.07, 6.45) is 1.56. The fourth-order valence-corrected chi connectivity index (χ4v) is 4.86. The molecule has 0 saturated carbocycles. The summed E-state index contributed by atoms with van der Waals surface area (Å²) in [6, 6.07) is 18.5. The Hall–Kier alpha value is -3.64. The van der Waals surface area contributed by atoms with E-state index in [1.165, 1.54) is 28.2 Å². The molecule has 0 fully saturated rings. The van der Waals surface area contributed by atoms with E-state index >= 15 is 0 Å². The third-order valence-corrected chi connectivity index (χ3v) is 7.35. The Bertz CT molecular complexity index is 1320. The number of hydrogen-bond donors (Lipinski definition) is 1. The molecule has 4 rings (SSSR count). The highest BCUT2D eigenvalue weighted by atomic mass is 32.2. The quantitative estimate of drug-likeness (QED) is 0.360. The molecule has 1 amide bonds. The first-order chi connectivity index (χ1) is 15.9. The van der Waals surface area contributed by atoms with Gasteiger partial charge >= 0.3 is 0 Å². The lowest BCUT2D eigenvalue weighted by Crippen LogP contribution is -2.26. The van der Waals surface area contributed by atoms with Crippen molar-refractivity contribution in [2.24, 2.45) is 0 Å². The number of carbonyl (C=O) groups excluding carboxylic acids is 1. The van der Waals surface area contributed by atoms with Crippen LogP contribution in [-0.2, 0) is 21.4 Å². The molecule has 0 atom stereocenters. The van der Waals surface area contributed by atoms with Gasteiger partial charge in [0, 0.05) is 12.7 Å². The van der Waals surface area contributed by atoms with Gasteiger partial charge < -0.3 is 9.73 Å². The van der Waals surface area contributed by atoms with Gasteiger partial charge in [0.15, 0.2) is 0 Å². The van der Waals surface area contributed by atoms with Gasteiger partial charge in [-0.25, -0.2) is 13.1 Å². The van der Waals surface area contributed by atoms with E-state index in [-0.39, 0.29) is 16.6 Å². The van der Waals surface area contributed by atoms with E-state index in [2.05, 4.69) is 20.8 Å². The first kappa shape index (κ1) is 22.6. The number of anilines is 2. The minimum atomic E-state index is -3.79. The van der Waals surface area contributed by atoms with Gasteiger partial charge in [-0.15, -0.1) is 5.10 Å². The van der Waals surface area contributed by atoms with E-state index in [1.807, 2.05) is 6.07 Å². The Balaban J connectivity index is 1.40. The maximum atomic E-state index is 13.0. The first-order valence-corrected chi connectivity index (χ1v) is 12.2. The summed E-state index contributed by atoms with van der Waals surface area (Å²) in [6.45, 7) is 0.346. The van der Waals surface area contributed by atoms with Crippen LogP contribution in [0.5, 0.6) is 0 Å². The smallest absolute Gasteiger partial charge is 0.264 e. The fraction of sp³-hybridized carbons (Fsp3) is 0.143. The van der Waals surface area contributed by atoms with E-state index in [1.54, 1.807) is 54.8 Å². The number of tetrazole rings is 1. The lowest BCUT2D eigenvalue weighted by atomic mass is 10.3. The molecule has 2 aromatic carbocycles. The number of aromatic nitrogens is 4. The highest BCUT2D eigenvalue weighted by Gasteiger charge is 2.21. The SMILES string of the molecule is CN(c1ccccc1)S(=O)(=O)c1cccc(NC(=O)CSc2nnnn2Cc2ccco2)c1. The standard InChI is InChI=1S/C21H20N6O4S2/c1-26(17-8-3-2-4-9-17)33(29,30)19-11-5-7-16(13-19)22-20(28)15-32-21-23-24-25-27(21)14-18-10-6-12-31-18/h2-13H,14-15H2,1H3,(H,22,28). The normalized spacial score (nSPS) is 11.3. The van der Waals surface area contributed by atoms with E-state index in [4.69, 9.17) is 4.42 Å². The molecule has 0 radical (unpaired) electrons. The van der Waals surface area contributed by atoms with E-state index in [9.17, 15) is 13.2 Å². The second-order valence-corrected chi connectivity index (χ2v) is 9.78. The molecule has 1 N–H and O–H groups in total. The van der Waals surface area contributed by atoms with Crippen LogP contribution >= 0.6 is 11.8 Å². The number of sulfonamides is 1. The van der Waals surface area contributed by atoms with Crippen LogP contribution in [0.2, 0.25) is 0 Å². The summed E-state index contributed by atoms with van der Waals surface area (Å²) in [7, 11) is -2.30. The third-order valence-electron chi connectivity index (χ3n) is 4.61. The molecule has 0 aliphatic rings. The number of amides is 1. The van der Waals surface area contributed by atoms with Gasteiger partial charge in [-0.05, 0) is 52.9 Å². The number of nitrogens with one attached hydrogen (secondary N) is 1. The Morgan fingerprint density at radius 2 is 1.94 bits per heavy atom. The number of furan rings is 1. The maximum Gasteiger partial charge on any atom is 0.264 e.